The summed E-state index contributed by atoms with van der Waals surface area (Å²) in [6.45, 7) is 1.64. The minimum Gasteiger partial charge on any atom is -0.336 e. The Bertz CT molecular complexity index is 882. The lowest BCUT2D eigenvalue weighted by Gasteiger charge is -2.25. The topological polar surface area (TPSA) is 20.3 Å². The summed E-state index contributed by atoms with van der Waals surface area (Å²) in [5, 5.41) is 1.06. The molecule has 0 spiro atoms. The van der Waals surface area contributed by atoms with E-state index in [-0.39, 0.29) is 11.7 Å². The average Bonchev–Trinajstić information content (AvgIpc) is 3.07. The van der Waals surface area contributed by atoms with Crippen LogP contribution in [0.5, 0.6) is 0 Å². The molecular weight excluding hydrogens is 341 g/mol. The molecule has 24 heavy (non-hydrogen) atoms. The van der Waals surface area contributed by atoms with E-state index in [9.17, 15) is 9.18 Å². The van der Waals surface area contributed by atoms with Crippen LogP contribution in [-0.4, -0.2) is 35.4 Å². The first-order valence-corrected chi connectivity index (χ1v) is 9.85. The number of thiophene rings is 1. The number of halogens is 1. The van der Waals surface area contributed by atoms with Gasteiger partial charge in [0.15, 0.2) is 0 Å². The van der Waals surface area contributed by atoms with Crippen molar-refractivity contribution in [2.24, 2.45) is 0 Å². The van der Waals surface area contributed by atoms with Crippen LogP contribution in [0, 0.1) is 5.82 Å². The molecule has 0 saturated carbocycles. The van der Waals surface area contributed by atoms with Crippen molar-refractivity contribution in [3.63, 3.8) is 0 Å². The molecule has 122 valence electrons. The summed E-state index contributed by atoms with van der Waals surface area (Å²) in [6.07, 6.45) is 0. The molecule has 5 heteroatoms. The van der Waals surface area contributed by atoms with Crippen LogP contribution in [0.3, 0.4) is 0 Å². The predicted molar refractivity (Wildman–Crippen MR) is 100 cm³/mol. The zero-order chi connectivity index (χ0) is 16.5. The largest absolute Gasteiger partial charge is 0.336 e. The van der Waals surface area contributed by atoms with Crippen LogP contribution >= 0.6 is 23.1 Å². The summed E-state index contributed by atoms with van der Waals surface area (Å²) in [4.78, 5) is 15.5. The fourth-order valence-electron chi connectivity index (χ4n) is 2.97. The molecule has 2 heterocycles. The average molecular weight is 357 g/mol. The van der Waals surface area contributed by atoms with Crippen molar-refractivity contribution in [1.82, 2.24) is 4.90 Å². The van der Waals surface area contributed by atoms with Gasteiger partial charge in [-0.05, 0) is 35.4 Å². The van der Waals surface area contributed by atoms with Gasteiger partial charge in [-0.25, -0.2) is 4.39 Å². The Kier molecular flexibility index (Phi) is 4.29. The van der Waals surface area contributed by atoms with Crippen LogP contribution in [-0.2, 0) is 0 Å². The quantitative estimate of drug-likeness (QED) is 0.650. The van der Waals surface area contributed by atoms with Gasteiger partial charge in [-0.3, -0.25) is 4.79 Å². The second-order valence-electron chi connectivity index (χ2n) is 5.74. The van der Waals surface area contributed by atoms with E-state index in [1.54, 1.807) is 12.1 Å². The van der Waals surface area contributed by atoms with Crippen molar-refractivity contribution in [2.45, 2.75) is 0 Å². The van der Waals surface area contributed by atoms with Crippen molar-refractivity contribution in [1.29, 1.82) is 0 Å². The second kappa shape index (κ2) is 6.57. The van der Waals surface area contributed by atoms with Crippen molar-refractivity contribution in [2.75, 3.05) is 24.6 Å². The smallest absolute Gasteiger partial charge is 0.264 e. The minimum atomic E-state index is -0.241. The number of carbonyl (C=O) groups is 1. The van der Waals surface area contributed by atoms with Crippen LogP contribution in [0.15, 0.2) is 48.5 Å². The molecule has 1 fully saturated rings. The molecular formula is C19H16FNOS2. The second-order valence-corrected chi connectivity index (χ2v) is 8.05. The number of hydrogen-bond donors (Lipinski definition) is 0. The molecule has 1 aliphatic heterocycles. The van der Waals surface area contributed by atoms with Gasteiger partial charge >= 0.3 is 0 Å². The summed E-state index contributed by atoms with van der Waals surface area (Å²) in [7, 11) is 0. The van der Waals surface area contributed by atoms with Crippen molar-refractivity contribution < 1.29 is 9.18 Å². The molecule has 2 aromatic carbocycles. The molecule has 0 aliphatic carbocycles. The number of hydrogen-bond acceptors (Lipinski definition) is 3. The highest BCUT2D eigenvalue weighted by Gasteiger charge is 2.21. The first kappa shape index (κ1) is 15.7. The molecule has 0 bridgehead atoms. The minimum absolute atomic E-state index is 0.126. The van der Waals surface area contributed by atoms with E-state index < -0.39 is 0 Å². The summed E-state index contributed by atoms with van der Waals surface area (Å²) in [5.41, 5.74) is 2.00. The monoisotopic (exact) mass is 357 g/mol. The number of rotatable bonds is 2. The standard InChI is InChI=1S/C19H16FNOS2/c20-14-6-4-13(5-7-14)15-2-1-3-17-16(15)12-18(24-17)19(22)21-8-10-23-11-9-21/h1-7,12H,8-11H2. The van der Waals surface area contributed by atoms with Gasteiger partial charge in [-0.15, -0.1) is 11.3 Å². The normalized spacial score (nSPS) is 15.0. The molecule has 0 unspecified atom stereocenters. The molecule has 2 nitrogen and oxygen atoms in total. The number of carbonyl (C=O) groups excluding carboxylic acids is 1. The summed E-state index contributed by atoms with van der Waals surface area (Å²) in [6, 6.07) is 14.5. The molecule has 0 N–H and O–H groups in total. The maximum atomic E-state index is 13.2. The van der Waals surface area contributed by atoms with Crippen molar-refractivity contribution >= 4 is 39.1 Å². The van der Waals surface area contributed by atoms with Gasteiger partial charge in [-0.1, -0.05) is 24.3 Å². The Morgan fingerprint density at radius 1 is 1.04 bits per heavy atom. The van der Waals surface area contributed by atoms with E-state index in [1.807, 2.05) is 40.9 Å². The number of benzene rings is 2. The summed E-state index contributed by atoms with van der Waals surface area (Å²) < 4.78 is 14.3. The first-order chi connectivity index (χ1) is 11.7. The van der Waals surface area contributed by atoms with Crippen LogP contribution in [0.1, 0.15) is 9.67 Å². The Hall–Kier alpha value is -1.85. The van der Waals surface area contributed by atoms with E-state index >= 15 is 0 Å². The maximum absolute atomic E-state index is 13.2. The SMILES string of the molecule is O=C(c1cc2c(-c3ccc(F)cc3)cccc2s1)N1CCSCC1. The molecule has 0 atom stereocenters. The third-order valence-electron chi connectivity index (χ3n) is 4.23. The lowest BCUT2D eigenvalue weighted by Crippen LogP contribution is -2.37. The lowest BCUT2D eigenvalue weighted by atomic mass is 10.0. The molecule has 1 saturated heterocycles. The highest BCUT2D eigenvalue weighted by molar-refractivity contribution is 7.99. The third-order valence-corrected chi connectivity index (χ3v) is 6.26. The Morgan fingerprint density at radius 3 is 2.54 bits per heavy atom. The van der Waals surface area contributed by atoms with E-state index in [0.717, 1.165) is 50.7 Å². The van der Waals surface area contributed by atoms with Gasteiger partial charge in [-0.2, -0.15) is 11.8 Å². The Balaban J connectivity index is 1.74. The molecule has 3 aromatic rings. The lowest BCUT2D eigenvalue weighted by molar-refractivity contribution is 0.0777. The number of nitrogens with zero attached hydrogens (tertiary/aromatic N) is 1. The van der Waals surface area contributed by atoms with Crippen LogP contribution < -0.4 is 0 Å². The van der Waals surface area contributed by atoms with E-state index in [2.05, 4.69) is 0 Å². The zero-order valence-corrected chi connectivity index (χ0v) is 14.6. The van der Waals surface area contributed by atoms with Crippen molar-refractivity contribution in [3.8, 4) is 11.1 Å². The summed E-state index contributed by atoms with van der Waals surface area (Å²) >= 11 is 3.43. The van der Waals surface area contributed by atoms with Crippen LogP contribution in [0.4, 0.5) is 4.39 Å². The van der Waals surface area contributed by atoms with E-state index in [4.69, 9.17) is 0 Å². The van der Waals surface area contributed by atoms with Crippen LogP contribution in [0.2, 0.25) is 0 Å². The third kappa shape index (κ3) is 2.94. The van der Waals surface area contributed by atoms with Gasteiger partial charge in [0.1, 0.15) is 5.82 Å². The number of fused-ring (bicyclic) bond motifs is 1. The van der Waals surface area contributed by atoms with Gasteiger partial charge in [0.05, 0.1) is 4.88 Å². The molecule has 1 aromatic heterocycles. The van der Waals surface area contributed by atoms with Gasteiger partial charge in [0, 0.05) is 34.7 Å². The fraction of sp³-hybridized carbons (Fsp3) is 0.211. The van der Waals surface area contributed by atoms with E-state index in [0.29, 0.717) is 0 Å². The molecule has 0 radical (unpaired) electrons. The predicted octanol–water partition coefficient (Wildman–Crippen LogP) is 4.90. The van der Waals surface area contributed by atoms with Gasteiger partial charge < -0.3 is 4.90 Å². The van der Waals surface area contributed by atoms with Crippen molar-refractivity contribution in [3.05, 3.63) is 59.2 Å². The van der Waals surface area contributed by atoms with Crippen LogP contribution in [0.25, 0.3) is 21.2 Å². The highest BCUT2D eigenvalue weighted by atomic mass is 32.2. The number of thioether (sulfide) groups is 1. The highest BCUT2D eigenvalue weighted by Crippen LogP contribution is 2.35. The molecule has 4 rings (SSSR count). The first-order valence-electron chi connectivity index (χ1n) is 7.88. The molecule has 1 aliphatic rings. The molecule has 1 amide bonds. The Labute approximate surface area is 148 Å². The van der Waals surface area contributed by atoms with Gasteiger partial charge in [0.2, 0.25) is 0 Å². The summed E-state index contributed by atoms with van der Waals surface area (Å²) in [5.74, 6) is 1.91. The van der Waals surface area contributed by atoms with Gasteiger partial charge in [0.25, 0.3) is 5.91 Å². The zero-order valence-electron chi connectivity index (χ0n) is 13.0. The maximum Gasteiger partial charge on any atom is 0.264 e. The number of amides is 1. The fourth-order valence-corrected chi connectivity index (χ4v) is 4.93. The van der Waals surface area contributed by atoms with E-state index in [1.165, 1.54) is 23.5 Å². The Morgan fingerprint density at radius 2 is 1.79 bits per heavy atom.